The van der Waals surface area contributed by atoms with Gasteiger partial charge in [-0.2, -0.15) is 8.78 Å². The Morgan fingerprint density at radius 1 is 1.39 bits per heavy atom. The molecule has 0 amide bonds. The fraction of sp³-hybridized carbons (Fsp3) is 0.500. The predicted octanol–water partition coefficient (Wildman–Crippen LogP) is 2.24. The van der Waals surface area contributed by atoms with Gasteiger partial charge in [0.05, 0.1) is 0 Å². The molecule has 1 atom stereocenters. The van der Waals surface area contributed by atoms with E-state index < -0.39 is 6.61 Å². The van der Waals surface area contributed by atoms with Crippen LogP contribution in [0.2, 0.25) is 0 Å². The highest BCUT2D eigenvalue weighted by Crippen LogP contribution is 2.23. The molecular formula is C12H17ClF2N2O. The van der Waals surface area contributed by atoms with Crippen molar-refractivity contribution in [2.45, 2.75) is 25.6 Å². The highest BCUT2D eigenvalue weighted by atomic mass is 35.5. The highest BCUT2D eigenvalue weighted by molar-refractivity contribution is 5.85. The number of hydrogen-bond donors (Lipinski definition) is 1. The van der Waals surface area contributed by atoms with Crippen LogP contribution in [0.25, 0.3) is 0 Å². The molecule has 1 fully saturated rings. The molecule has 102 valence electrons. The standard InChI is InChI=1S/C12H16F2N2O.ClH/c13-12(14)17-11-4-2-1-3-9(11)7-16-6-5-10(15)8-16;/h1-4,10,12H,5-8,15H2;1H/t10-;/m0./s1. The summed E-state index contributed by atoms with van der Waals surface area (Å²) >= 11 is 0. The first kappa shape index (κ1) is 15.1. The van der Waals surface area contributed by atoms with Crippen LogP contribution in [-0.2, 0) is 6.54 Å². The lowest BCUT2D eigenvalue weighted by atomic mass is 10.2. The van der Waals surface area contributed by atoms with Crippen molar-refractivity contribution < 1.29 is 13.5 Å². The number of likely N-dealkylation sites (tertiary alicyclic amines) is 1. The van der Waals surface area contributed by atoms with Crippen molar-refractivity contribution in [3.05, 3.63) is 29.8 Å². The van der Waals surface area contributed by atoms with Crippen LogP contribution in [0.1, 0.15) is 12.0 Å². The molecule has 6 heteroatoms. The number of ether oxygens (including phenoxy) is 1. The zero-order chi connectivity index (χ0) is 12.3. The molecule has 1 aromatic carbocycles. The zero-order valence-corrected chi connectivity index (χ0v) is 10.7. The summed E-state index contributed by atoms with van der Waals surface area (Å²) in [7, 11) is 0. The molecule has 0 saturated carbocycles. The minimum absolute atomic E-state index is 0. The van der Waals surface area contributed by atoms with Gasteiger partial charge in [-0.1, -0.05) is 18.2 Å². The van der Waals surface area contributed by atoms with E-state index in [4.69, 9.17) is 5.73 Å². The Balaban J connectivity index is 0.00000162. The number of rotatable bonds is 4. The number of halogens is 3. The van der Waals surface area contributed by atoms with Crippen molar-refractivity contribution in [3.63, 3.8) is 0 Å². The van der Waals surface area contributed by atoms with E-state index in [0.717, 1.165) is 25.1 Å². The third kappa shape index (κ3) is 4.08. The Labute approximate surface area is 111 Å². The molecule has 0 spiro atoms. The van der Waals surface area contributed by atoms with Crippen LogP contribution in [0, 0.1) is 0 Å². The zero-order valence-electron chi connectivity index (χ0n) is 9.89. The summed E-state index contributed by atoms with van der Waals surface area (Å²) in [5, 5.41) is 0. The predicted molar refractivity (Wildman–Crippen MR) is 68.2 cm³/mol. The van der Waals surface area contributed by atoms with Gasteiger partial charge in [-0.25, -0.2) is 0 Å². The van der Waals surface area contributed by atoms with E-state index in [-0.39, 0.29) is 24.2 Å². The minimum atomic E-state index is -2.78. The monoisotopic (exact) mass is 278 g/mol. The first-order chi connectivity index (χ1) is 8.15. The van der Waals surface area contributed by atoms with Gasteiger partial charge in [0.25, 0.3) is 0 Å². The van der Waals surface area contributed by atoms with Crippen molar-refractivity contribution >= 4 is 12.4 Å². The first-order valence-electron chi connectivity index (χ1n) is 5.66. The Morgan fingerprint density at radius 3 is 2.72 bits per heavy atom. The fourth-order valence-corrected chi connectivity index (χ4v) is 2.09. The van der Waals surface area contributed by atoms with Gasteiger partial charge in [0.1, 0.15) is 5.75 Å². The maximum atomic E-state index is 12.2. The highest BCUT2D eigenvalue weighted by Gasteiger charge is 2.20. The van der Waals surface area contributed by atoms with Gasteiger partial charge < -0.3 is 10.5 Å². The molecule has 0 bridgehead atoms. The number of hydrogen-bond acceptors (Lipinski definition) is 3. The lowest BCUT2D eigenvalue weighted by Gasteiger charge is -2.17. The molecule has 1 aliphatic rings. The molecule has 0 radical (unpaired) electrons. The number of nitrogens with zero attached hydrogens (tertiary/aromatic N) is 1. The van der Waals surface area contributed by atoms with E-state index in [2.05, 4.69) is 9.64 Å². The van der Waals surface area contributed by atoms with Gasteiger partial charge >= 0.3 is 6.61 Å². The molecular weight excluding hydrogens is 262 g/mol. The topological polar surface area (TPSA) is 38.5 Å². The normalized spacial score (nSPS) is 19.9. The third-order valence-corrected chi connectivity index (χ3v) is 2.89. The minimum Gasteiger partial charge on any atom is -0.434 e. The molecule has 0 aromatic heterocycles. The van der Waals surface area contributed by atoms with E-state index in [0.29, 0.717) is 6.54 Å². The maximum absolute atomic E-state index is 12.2. The second kappa shape index (κ2) is 6.87. The number of benzene rings is 1. The quantitative estimate of drug-likeness (QED) is 0.918. The molecule has 1 aliphatic heterocycles. The maximum Gasteiger partial charge on any atom is 0.387 e. The van der Waals surface area contributed by atoms with Gasteiger partial charge in [0.2, 0.25) is 0 Å². The van der Waals surface area contributed by atoms with Gasteiger partial charge in [-0.3, -0.25) is 4.90 Å². The van der Waals surface area contributed by atoms with Gasteiger partial charge in [0, 0.05) is 31.2 Å². The van der Waals surface area contributed by atoms with Crippen molar-refractivity contribution in [3.8, 4) is 5.75 Å². The van der Waals surface area contributed by atoms with E-state index in [1.54, 1.807) is 12.1 Å². The van der Waals surface area contributed by atoms with Crippen molar-refractivity contribution in [1.29, 1.82) is 0 Å². The van der Waals surface area contributed by atoms with Crippen LogP contribution in [0.15, 0.2) is 24.3 Å². The summed E-state index contributed by atoms with van der Waals surface area (Å²) in [6.07, 6.45) is 0.956. The first-order valence-corrected chi connectivity index (χ1v) is 5.66. The lowest BCUT2D eigenvalue weighted by molar-refractivity contribution is -0.0507. The Hall–Kier alpha value is -0.910. The SMILES string of the molecule is Cl.N[C@H]1CCN(Cc2ccccc2OC(F)F)C1. The largest absolute Gasteiger partial charge is 0.434 e. The van der Waals surface area contributed by atoms with Crippen molar-refractivity contribution in [1.82, 2.24) is 4.90 Å². The molecule has 3 nitrogen and oxygen atoms in total. The van der Waals surface area contributed by atoms with Crippen LogP contribution >= 0.6 is 12.4 Å². The van der Waals surface area contributed by atoms with E-state index in [1.165, 1.54) is 0 Å². The average molecular weight is 279 g/mol. The molecule has 1 heterocycles. The van der Waals surface area contributed by atoms with Crippen LogP contribution in [0.5, 0.6) is 5.75 Å². The Morgan fingerprint density at radius 2 is 2.11 bits per heavy atom. The molecule has 2 N–H and O–H groups in total. The lowest BCUT2D eigenvalue weighted by Crippen LogP contribution is -2.26. The second-order valence-corrected chi connectivity index (χ2v) is 4.27. The Kier molecular flexibility index (Phi) is 5.78. The van der Waals surface area contributed by atoms with E-state index in [9.17, 15) is 8.78 Å². The smallest absolute Gasteiger partial charge is 0.387 e. The van der Waals surface area contributed by atoms with Crippen LogP contribution < -0.4 is 10.5 Å². The third-order valence-electron chi connectivity index (χ3n) is 2.89. The van der Waals surface area contributed by atoms with Crippen LogP contribution in [0.4, 0.5) is 8.78 Å². The average Bonchev–Trinajstić information content (AvgIpc) is 2.66. The van der Waals surface area contributed by atoms with Crippen molar-refractivity contribution in [2.75, 3.05) is 13.1 Å². The number of nitrogens with two attached hydrogens (primary N) is 1. The van der Waals surface area contributed by atoms with E-state index >= 15 is 0 Å². The summed E-state index contributed by atoms with van der Waals surface area (Å²) < 4.78 is 28.9. The van der Waals surface area contributed by atoms with Gasteiger partial charge in [0.15, 0.2) is 0 Å². The number of para-hydroxylation sites is 1. The summed E-state index contributed by atoms with van der Waals surface area (Å²) in [6.45, 7) is -0.457. The molecule has 0 aliphatic carbocycles. The molecule has 1 aromatic rings. The van der Waals surface area contributed by atoms with E-state index in [1.807, 2.05) is 12.1 Å². The summed E-state index contributed by atoms with van der Waals surface area (Å²) in [5.41, 5.74) is 6.58. The van der Waals surface area contributed by atoms with Crippen molar-refractivity contribution in [2.24, 2.45) is 5.73 Å². The Bertz CT molecular complexity index is 379. The molecule has 1 saturated heterocycles. The van der Waals surface area contributed by atoms with Crippen LogP contribution in [-0.4, -0.2) is 30.6 Å². The summed E-state index contributed by atoms with van der Waals surface area (Å²) in [6, 6.07) is 7.08. The molecule has 18 heavy (non-hydrogen) atoms. The van der Waals surface area contributed by atoms with Gasteiger partial charge in [-0.15, -0.1) is 12.4 Å². The number of alkyl halides is 2. The molecule has 2 rings (SSSR count). The van der Waals surface area contributed by atoms with Crippen LogP contribution in [0.3, 0.4) is 0 Å². The molecule has 0 unspecified atom stereocenters. The fourth-order valence-electron chi connectivity index (χ4n) is 2.09. The van der Waals surface area contributed by atoms with Gasteiger partial charge in [-0.05, 0) is 12.5 Å². The summed E-state index contributed by atoms with van der Waals surface area (Å²) in [4.78, 5) is 2.15. The summed E-state index contributed by atoms with van der Waals surface area (Å²) in [5.74, 6) is 0.253. The second-order valence-electron chi connectivity index (χ2n) is 4.27.